The van der Waals surface area contributed by atoms with E-state index in [4.69, 9.17) is 0 Å². The number of rotatable bonds is 6. The second kappa shape index (κ2) is 7.26. The summed E-state index contributed by atoms with van der Waals surface area (Å²) in [5.74, 6) is 0. The van der Waals surface area contributed by atoms with E-state index in [2.05, 4.69) is 66.0 Å². The summed E-state index contributed by atoms with van der Waals surface area (Å²) in [6.07, 6.45) is 6.07. The Bertz CT molecular complexity index is 837. The Morgan fingerprint density at radius 2 is 1.88 bits per heavy atom. The van der Waals surface area contributed by atoms with E-state index in [0.717, 1.165) is 35.3 Å². The molecule has 1 aromatic carbocycles. The van der Waals surface area contributed by atoms with Crippen molar-refractivity contribution in [3.63, 3.8) is 0 Å². The van der Waals surface area contributed by atoms with Crippen molar-refractivity contribution in [2.24, 2.45) is 0 Å². The van der Waals surface area contributed by atoms with E-state index in [1.807, 2.05) is 24.5 Å². The predicted molar refractivity (Wildman–Crippen MR) is 101 cm³/mol. The van der Waals surface area contributed by atoms with Crippen molar-refractivity contribution in [3.05, 3.63) is 78.4 Å². The van der Waals surface area contributed by atoms with E-state index in [0.29, 0.717) is 0 Å². The van der Waals surface area contributed by atoms with Crippen molar-refractivity contribution < 1.29 is 0 Å². The van der Waals surface area contributed by atoms with E-state index >= 15 is 0 Å². The minimum atomic E-state index is 0.0847. The van der Waals surface area contributed by atoms with Crippen LogP contribution in [0.3, 0.4) is 0 Å². The Balaban J connectivity index is 1.72. The minimum absolute atomic E-state index is 0.0847. The lowest BCUT2D eigenvalue weighted by atomic mass is 10.1. The molecule has 1 N–H and O–H groups in total. The zero-order valence-corrected chi connectivity index (χ0v) is 14.3. The molecule has 3 aromatic rings. The number of aryl methyl sites for hydroxylation is 1. The summed E-state index contributed by atoms with van der Waals surface area (Å²) >= 11 is 0. The molecule has 0 aliphatic heterocycles. The van der Waals surface area contributed by atoms with Crippen LogP contribution in [0.1, 0.15) is 43.3 Å². The van der Waals surface area contributed by atoms with Gasteiger partial charge < -0.3 is 5.32 Å². The van der Waals surface area contributed by atoms with Gasteiger partial charge in [-0.05, 0) is 36.4 Å². The Hall–Kier alpha value is -2.68. The summed E-state index contributed by atoms with van der Waals surface area (Å²) < 4.78 is 0. The molecule has 0 saturated carbocycles. The maximum absolute atomic E-state index is 4.57. The summed E-state index contributed by atoms with van der Waals surface area (Å²) in [5.41, 5.74) is 3.97. The molecular weight excluding hydrogens is 294 g/mol. The molecule has 0 fully saturated rings. The van der Waals surface area contributed by atoms with Crippen molar-refractivity contribution in [3.8, 4) is 0 Å². The smallest absolute Gasteiger partial charge is 0.0861 e. The first-order valence-electron chi connectivity index (χ1n) is 8.43. The van der Waals surface area contributed by atoms with E-state index in [1.165, 1.54) is 10.9 Å². The van der Waals surface area contributed by atoms with Crippen LogP contribution in [0.25, 0.3) is 16.5 Å². The topological polar surface area (TPSA) is 37.8 Å². The normalized spacial score (nSPS) is 12.1. The quantitative estimate of drug-likeness (QED) is 0.702. The summed E-state index contributed by atoms with van der Waals surface area (Å²) in [7, 11) is 0. The Morgan fingerprint density at radius 1 is 1.08 bits per heavy atom. The molecule has 1 atom stereocenters. The maximum atomic E-state index is 4.57. The molecule has 0 amide bonds. The lowest BCUT2D eigenvalue weighted by Crippen LogP contribution is -2.18. The van der Waals surface area contributed by atoms with Gasteiger partial charge in [0.05, 0.1) is 23.1 Å². The van der Waals surface area contributed by atoms with Gasteiger partial charge >= 0.3 is 0 Å². The van der Waals surface area contributed by atoms with Crippen molar-refractivity contribution in [2.75, 3.05) is 0 Å². The number of benzene rings is 1. The van der Waals surface area contributed by atoms with Gasteiger partial charge in [-0.2, -0.15) is 0 Å². The zero-order valence-electron chi connectivity index (χ0n) is 14.3. The molecule has 1 unspecified atom stereocenters. The molecule has 3 heteroatoms. The van der Waals surface area contributed by atoms with Gasteiger partial charge in [0.25, 0.3) is 0 Å². The van der Waals surface area contributed by atoms with Crippen LogP contribution in [-0.4, -0.2) is 9.97 Å². The standard InChI is InChI=1S/C21H23N3/c1-4-7-17-10-11-20(22-13-17)15(2)24-16(3)21-12-18-8-5-6-9-19(18)14-23-21/h5-6,8-15,24H,3-4,7H2,1-2H3. The second-order valence-corrected chi connectivity index (χ2v) is 6.10. The molecule has 3 nitrogen and oxygen atoms in total. The van der Waals surface area contributed by atoms with Gasteiger partial charge in [-0.15, -0.1) is 0 Å². The van der Waals surface area contributed by atoms with Crippen LogP contribution in [0.4, 0.5) is 0 Å². The molecule has 0 bridgehead atoms. The summed E-state index contributed by atoms with van der Waals surface area (Å²) in [6.45, 7) is 8.41. The summed E-state index contributed by atoms with van der Waals surface area (Å²) in [5, 5.41) is 5.71. The highest BCUT2D eigenvalue weighted by Gasteiger charge is 2.10. The van der Waals surface area contributed by atoms with Gasteiger partial charge in [0.15, 0.2) is 0 Å². The van der Waals surface area contributed by atoms with Gasteiger partial charge in [-0.25, -0.2) is 0 Å². The number of fused-ring (bicyclic) bond motifs is 1. The van der Waals surface area contributed by atoms with Crippen LogP contribution in [0.2, 0.25) is 0 Å². The SMILES string of the molecule is C=C(NC(C)c1ccc(CCC)cn1)c1cc2ccccc2cn1. The van der Waals surface area contributed by atoms with E-state index < -0.39 is 0 Å². The van der Waals surface area contributed by atoms with Gasteiger partial charge in [-0.3, -0.25) is 9.97 Å². The molecule has 0 radical (unpaired) electrons. The average molecular weight is 317 g/mol. The molecule has 3 rings (SSSR count). The van der Waals surface area contributed by atoms with Crippen molar-refractivity contribution in [1.29, 1.82) is 0 Å². The highest BCUT2D eigenvalue weighted by atomic mass is 15.0. The van der Waals surface area contributed by atoms with Crippen LogP contribution >= 0.6 is 0 Å². The van der Waals surface area contributed by atoms with Crippen LogP contribution in [0, 0.1) is 0 Å². The predicted octanol–water partition coefficient (Wildman–Crippen LogP) is 4.90. The first-order chi connectivity index (χ1) is 11.7. The third-order valence-corrected chi connectivity index (χ3v) is 4.16. The van der Waals surface area contributed by atoms with E-state index in [9.17, 15) is 0 Å². The molecule has 0 aliphatic rings. The first kappa shape index (κ1) is 16.2. The fourth-order valence-electron chi connectivity index (χ4n) is 2.79. The van der Waals surface area contributed by atoms with Crippen LogP contribution in [0.5, 0.6) is 0 Å². The number of nitrogens with one attached hydrogen (secondary N) is 1. The third kappa shape index (κ3) is 3.62. The molecule has 0 spiro atoms. The number of hydrogen-bond acceptors (Lipinski definition) is 3. The molecular formula is C21H23N3. The fourth-order valence-corrected chi connectivity index (χ4v) is 2.79. The Labute approximate surface area is 143 Å². The molecule has 122 valence electrons. The zero-order chi connectivity index (χ0) is 16.9. The number of aromatic nitrogens is 2. The minimum Gasteiger partial charge on any atom is -0.376 e. The molecule has 0 aliphatic carbocycles. The number of hydrogen-bond donors (Lipinski definition) is 1. The van der Waals surface area contributed by atoms with Crippen LogP contribution in [-0.2, 0) is 6.42 Å². The first-order valence-corrected chi connectivity index (χ1v) is 8.43. The third-order valence-electron chi connectivity index (χ3n) is 4.16. The van der Waals surface area contributed by atoms with Crippen molar-refractivity contribution in [1.82, 2.24) is 15.3 Å². The Morgan fingerprint density at radius 3 is 2.58 bits per heavy atom. The molecule has 24 heavy (non-hydrogen) atoms. The second-order valence-electron chi connectivity index (χ2n) is 6.10. The fraction of sp³-hybridized carbons (Fsp3) is 0.238. The lowest BCUT2D eigenvalue weighted by molar-refractivity contribution is 0.674. The largest absolute Gasteiger partial charge is 0.376 e. The van der Waals surface area contributed by atoms with E-state index in [-0.39, 0.29) is 6.04 Å². The van der Waals surface area contributed by atoms with Gasteiger partial charge in [0, 0.05) is 17.8 Å². The van der Waals surface area contributed by atoms with Gasteiger partial charge in [0.1, 0.15) is 0 Å². The van der Waals surface area contributed by atoms with Gasteiger partial charge in [0.2, 0.25) is 0 Å². The van der Waals surface area contributed by atoms with Crippen LogP contribution < -0.4 is 5.32 Å². The number of nitrogens with zero attached hydrogens (tertiary/aromatic N) is 2. The molecule has 0 saturated heterocycles. The van der Waals surface area contributed by atoms with E-state index in [1.54, 1.807) is 0 Å². The maximum Gasteiger partial charge on any atom is 0.0861 e. The summed E-state index contributed by atoms with van der Waals surface area (Å²) in [4.78, 5) is 9.08. The molecule has 2 aromatic heterocycles. The molecule has 2 heterocycles. The van der Waals surface area contributed by atoms with Crippen molar-refractivity contribution >= 4 is 16.5 Å². The average Bonchev–Trinajstić information content (AvgIpc) is 2.62. The number of pyridine rings is 2. The van der Waals surface area contributed by atoms with Crippen molar-refractivity contribution in [2.45, 2.75) is 32.7 Å². The Kier molecular flexibility index (Phi) is 4.90. The lowest BCUT2D eigenvalue weighted by Gasteiger charge is -2.17. The monoisotopic (exact) mass is 317 g/mol. The van der Waals surface area contributed by atoms with Crippen LogP contribution in [0.15, 0.2) is 61.4 Å². The summed E-state index contributed by atoms with van der Waals surface area (Å²) in [6, 6.07) is 14.6. The highest BCUT2D eigenvalue weighted by molar-refractivity contribution is 5.84. The van der Waals surface area contributed by atoms with Gasteiger partial charge in [-0.1, -0.05) is 50.3 Å². The highest BCUT2D eigenvalue weighted by Crippen LogP contribution is 2.19.